The highest BCUT2D eigenvalue weighted by molar-refractivity contribution is 5.88. The first-order chi connectivity index (χ1) is 10.1. The van der Waals surface area contributed by atoms with Crippen molar-refractivity contribution in [2.45, 2.75) is 6.10 Å². The second-order valence-corrected chi connectivity index (χ2v) is 4.10. The molecule has 0 saturated carbocycles. The number of nitrogens with one attached hydrogen (secondary N) is 2. The molecule has 2 aromatic rings. The molecule has 0 radical (unpaired) electrons. The number of benzene rings is 1. The molecule has 2 rings (SSSR count). The summed E-state index contributed by atoms with van der Waals surface area (Å²) in [5.41, 5.74) is -0.489. The van der Waals surface area contributed by atoms with E-state index in [0.717, 1.165) is 12.1 Å². The van der Waals surface area contributed by atoms with Crippen molar-refractivity contribution < 1.29 is 18.7 Å². The second-order valence-electron chi connectivity index (χ2n) is 4.10. The van der Waals surface area contributed by atoms with Crippen molar-refractivity contribution >= 4 is 11.8 Å². The zero-order chi connectivity index (χ0) is 15.2. The molecule has 110 valence electrons. The summed E-state index contributed by atoms with van der Waals surface area (Å²) in [5.74, 6) is -1.54. The number of aliphatic hydroxyl groups is 1. The van der Waals surface area contributed by atoms with Gasteiger partial charge in [0.25, 0.3) is 0 Å². The summed E-state index contributed by atoms with van der Waals surface area (Å²) in [6.07, 6.45) is -0.0628. The molecule has 0 aliphatic rings. The van der Waals surface area contributed by atoms with E-state index in [0.29, 0.717) is 0 Å². The molecule has 0 spiro atoms. The minimum atomic E-state index is -1.50. The number of carbonyl (C=O) groups excluding carboxylic acids is 1. The number of anilines is 1. The molecule has 0 fully saturated rings. The summed E-state index contributed by atoms with van der Waals surface area (Å²) in [7, 11) is 0. The molecule has 8 heteroatoms. The molecule has 6 nitrogen and oxygen atoms in total. The van der Waals surface area contributed by atoms with Gasteiger partial charge in [-0.25, -0.2) is 13.6 Å². The molecule has 0 aliphatic carbocycles. The van der Waals surface area contributed by atoms with Crippen LogP contribution in [0, 0.1) is 11.6 Å². The van der Waals surface area contributed by atoms with Gasteiger partial charge in [0, 0.05) is 12.7 Å². The predicted molar refractivity (Wildman–Crippen MR) is 70.4 cm³/mol. The van der Waals surface area contributed by atoms with Crippen molar-refractivity contribution in [3.05, 3.63) is 53.7 Å². The molecule has 2 amide bonds. The summed E-state index contributed by atoms with van der Waals surface area (Å²) >= 11 is 0. The van der Waals surface area contributed by atoms with Crippen molar-refractivity contribution in [1.29, 1.82) is 0 Å². The normalized spacial score (nSPS) is 11.8. The third-order valence-electron chi connectivity index (χ3n) is 2.60. The van der Waals surface area contributed by atoms with Gasteiger partial charge in [-0.3, -0.25) is 5.32 Å². The number of rotatable bonds is 4. The predicted octanol–water partition coefficient (Wildman–Crippen LogP) is 1.61. The lowest BCUT2D eigenvalue weighted by molar-refractivity contribution is 0.166. The average molecular weight is 294 g/mol. The van der Waals surface area contributed by atoms with E-state index in [1.165, 1.54) is 18.3 Å². The van der Waals surface area contributed by atoms with Crippen LogP contribution < -0.4 is 10.6 Å². The summed E-state index contributed by atoms with van der Waals surface area (Å²) in [5, 5.41) is 21.6. The summed E-state index contributed by atoms with van der Waals surface area (Å²) < 4.78 is 26.9. The molecule has 1 aromatic carbocycles. The lowest BCUT2D eigenvalue weighted by Crippen LogP contribution is -2.33. The van der Waals surface area contributed by atoms with Crippen LogP contribution in [0.5, 0.6) is 0 Å². The third kappa shape index (κ3) is 3.93. The van der Waals surface area contributed by atoms with Crippen LogP contribution in [0.2, 0.25) is 0 Å². The van der Waals surface area contributed by atoms with Crippen LogP contribution in [-0.2, 0) is 0 Å². The molecular weight excluding hydrogens is 282 g/mol. The maximum atomic E-state index is 13.4. The molecule has 1 heterocycles. The molecule has 3 N–H and O–H groups in total. The highest BCUT2D eigenvalue weighted by atomic mass is 19.1. The van der Waals surface area contributed by atoms with Crippen LogP contribution in [0.25, 0.3) is 0 Å². The smallest absolute Gasteiger partial charge is 0.320 e. The Bertz CT molecular complexity index is 605. The fraction of sp³-hybridized carbons (Fsp3) is 0.154. The van der Waals surface area contributed by atoms with Crippen molar-refractivity contribution in [3.63, 3.8) is 0 Å². The molecular formula is C13H12F2N4O2. The lowest BCUT2D eigenvalue weighted by Gasteiger charge is -2.14. The number of nitrogens with zero attached hydrogens (tertiary/aromatic N) is 2. The monoisotopic (exact) mass is 294 g/mol. The van der Waals surface area contributed by atoms with Gasteiger partial charge < -0.3 is 10.4 Å². The number of halogens is 2. The Labute approximate surface area is 118 Å². The van der Waals surface area contributed by atoms with Crippen LogP contribution in [0.3, 0.4) is 0 Å². The average Bonchev–Trinajstić information content (AvgIpc) is 2.46. The largest absolute Gasteiger partial charge is 0.386 e. The minimum Gasteiger partial charge on any atom is -0.386 e. The number of amides is 2. The van der Waals surface area contributed by atoms with Crippen molar-refractivity contribution in [3.8, 4) is 0 Å². The third-order valence-corrected chi connectivity index (χ3v) is 2.60. The van der Waals surface area contributed by atoms with E-state index in [1.807, 2.05) is 0 Å². The van der Waals surface area contributed by atoms with E-state index in [4.69, 9.17) is 0 Å². The Kier molecular flexibility index (Phi) is 4.72. The van der Waals surface area contributed by atoms with Gasteiger partial charge >= 0.3 is 6.03 Å². The first-order valence-electron chi connectivity index (χ1n) is 6.02. The maximum absolute atomic E-state index is 13.4. The molecule has 1 aromatic heterocycles. The number of hydrogen-bond donors (Lipinski definition) is 3. The van der Waals surface area contributed by atoms with Crippen LogP contribution in [0.4, 0.5) is 19.4 Å². The number of hydrogen-bond acceptors (Lipinski definition) is 4. The van der Waals surface area contributed by atoms with Gasteiger partial charge in [-0.1, -0.05) is 6.07 Å². The zero-order valence-corrected chi connectivity index (χ0v) is 10.8. The SMILES string of the molecule is O=C(NCC(O)c1c(F)cccc1F)Nc1cccnn1. The van der Waals surface area contributed by atoms with Gasteiger partial charge in [0.05, 0.1) is 5.56 Å². The van der Waals surface area contributed by atoms with Crippen LogP contribution in [0.15, 0.2) is 36.5 Å². The minimum absolute atomic E-state index is 0.210. The van der Waals surface area contributed by atoms with Crippen molar-refractivity contribution in [2.75, 3.05) is 11.9 Å². The Morgan fingerprint density at radius 1 is 1.24 bits per heavy atom. The molecule has 1 atom stereocenters. The van der Waals surface area contributed by atoms with E-state index in [1.54, 1.807) is 6.07 Å². The molecule has 1 unspecified atom stereocenters. The Hall–Kier alpha value is -2.61. The van der Waals surface area contributed by atoms with Gasteiger partial charge in [-0.2, -0.15) is 5.10 Å². The Morgan fingerprint density at radius 3 is 2.57 bits per heavy atom. The topological polar surface area (TPSA) is 87.1 Å². The Balaban J connectivity index is 1.92. The number of aromatic nitrogens is 2. The summed E-state index contributed by atoms with van der Waals surface area (Å²) in [6, 6.07) is 5.66. The molecule has 0 bridgehead atoms. The van der Waals surface area contributed by atoms with Gasteiger partial charge in [0.1, 0.15) is 17.7 Å². The number of carbonyl (C=O) groups is 1. The van der Waals surface area contributed by atoms with E-state index in [9.17, 15) is 18.7 Å². The summed E-state index contributed by atoms with van der Waals surface area (Å²) in [6.45, 7) is -0.357. The standard InChI is InChI=1S/C13H12F2N4O2/c14-8-3-1-4-9(15)12(8)10(20)7-16-13(21)18-11-5-2-6-17-19-11/h1-6,10,20H,7H2,(H2,16,18,19,21). The van der Waals surface area contributed by atoms with E-state index < -0.39 is 29.3 Å². The molecule has 0 saturated heterocycles. The highest BCUT2D eigenvalue weighted by Crippen LogP contribution is 2.19. The van der Waals surface area contributed by atoms with Crippen LogP contribution in [0.1, 0.15) is 11.7 Å². The van der Waals surface area contributed by atoms with Gasteiger partial charge in [-0.15, -0.1) is 5.10 Å². The first-order valence-corrected chi connectivity index (χ1v) is 6.02. The van der Waals surface area contributed by atoms with Gasteiger partial charge in [0.2, 0.25) is 0 Å². The van der Waals surface area contributed by atoms with Crippen molar-refractivity contribution in [2.24, 2.45) is 0 Å². The van der Waals surface area contributed by atoms with Crippen LogP contribution >= 0.6 is 0 Å². The molecule has 21 heavy (non-hydrogen) atoms. The molecule has 0 aliphatic heterocycles. The fourth-order valence-electron chi connectivity index (χ4n) is 1.65. The highest BCUT2D eigenvalue weighted by Gasteiger charge is 2.18. The quantitative estimate of drug-likeness (QED) is 0.799. The van der Waals surface area contributed by atoms with E-state index in [2.05, 4.69) is 20.8 Å². The van der Waals surface area contributed by atoms with E-state index >= 15 is 0 Å². The number of aliphatic hydroxyl groups excluding tert-OH is 1. The first kappa shape index (κ1) is 14.8. The van der Waals surface area contributed by atoms with E-state index in [-0.39, 0.29) is 12.4 Å². The van der Waals surface area contributed by atoms with Crippen LogP contribution in [-0.4, -0.2) is 27.9 Å². The van der Waals surface area contributed by atoms with Gasteiger partial charge in [-0.05, 0) is 24.3 Å². The lowest BCUT2D eigenvalue weighted by atomic mass is 10.1. The fourth-order valence-corrected chi connectivity index (χ4v) is 1.65. The van der Waals surface area contributed by atoms with Crippen molar-refractivity contribution in [1.82, 2.24) is 15.5 Å². The summed E-state index contributed by atoms with van der Waals surface area (Å²) in [4.78, 5) is 11.5. The second kappa shape index (κ2) is 6.71. The Morgan fingerprint density at radius 2 is 1.95 bits per heavy atom. The zero-order valence-electron chi connectivity index (χ0n) is 10.8. The maximum Gasteiger partial charge on any atom is 0.320 e. The number of urea groups is 1. The van der Waals surface area contributed by atoms with Gasteiger partial charge in [0.15, 0.2) is 5.82 Å².